The molecule has 0 aromatic heterocycles. The molecule has 0 bridgehead atoms. The van der Waals surface area contributed by atoms with E-state index in [-0.39, 0.29) is 5.96 Å². The molecule has 0 fully saturated rings. The first-order chi connectivity index (χ1) is 4.31. The zero-order valence-corrected chi connectivity index (χ0v) is 4.34. The normalized spacial score (nSPS) is 11.3. The summed E-state index contributed by atoms with van der Waals surface area (Å²) in [4.78, 5) is 2.32. The highest BCUT2D eigenvalue weighted by molar-refractivity contribution is 5.78. The van der Waals surface area contributed by atoms with E-state index in [2.05, 4.69) is 31.4 Å². The fourth-order valence-electron chi connectivity index (χ4n) is 0.137. The summed E-state index contributed by atoms with van der Waals surface area (Å²) in [6, 6.07) is 0. The largest absolute Gasteiger partial charge is 0.380 e. The van der Waals surface area contributed by atoms with Gasteiger partial charge in [0, 0.05) is 4.91 Å². The maximum Gasteiger partial charge on any atom is 0.211 e. The predicted molar refractivity (Wildman–Crippen MR) is 29.8 cm³/mol. The third-order valence-electron chi connectivity index (χ3n) is 0.346. The van der Waals surface area contributed by atoms with Gasteiger partial charge < -0.3 is 11.6 Å². The van der Waals surface area contributed by atoms with Gasteiger partial charge in [0.25, 0.3) is 0 Å². The molecule has 0 saturated carbocycles. The SMILES string of the molecule is [N-]=[N+]=NC(N)=NN=NN. The molecular formula is CH4N8. The van der Waals surface area contributed by atoms with Crippen LogP contribution in [0.3, 0.4) is 0 Å². The topological polar surface area (TPSA) is 138 Å². The van der Waals surface area contributed by atoms with E-state index >= 15 is 0 Å². The summed E-state index contributed by atoms with van der Waals surface area (Å²) in [5, 5.41) is 11.5. The lowest BCUT2D eigenvalue weighted by Crippen LogP contribution is -2.05. The average molecular weight is 128 g/mol. The van der Waals surface area contributed by atoms with Gasteiger partial charge in [-0.1, -0.05) is 5.22 Å². The van der Waals surface area contributed by atoms with Gasteiger partial charge in [-0.25, -0.2) is 0 Å². The smallest absolute Gasteiger partial charge is 0.211 e. The zero-order chi connectivity index (χ0) is 7.11. The molecule has 0 heterocycles. The van der Waals surface area contributed by atoms with Gasteiger partial charge in [-0.05, 0) is 15.9 Å². The second-order valence-electron chi connectivity index (χ2n) is 0.853. The predicted octanol–water partition coefficient (Wildman–Crippen LogP) is -0.148. The number of hydrogen-bond acceptors (Lipinski definition) is 2. The van der Waals surface area contributed by atoms with Crippen LogP contribution in [-0.4, -0.2) is 5.96 Å². The molecule has 0 spiro atoms. The van der Waals surface area contributed by atoms with E-state index in [4.69, 9.17) is 11.3 Å². The fraction of sp³-hybridized carbons (Fsp3) is 0. The van der Waals surface area contributed by atoms with Crippen molar-refractivity contribution in [3.63, 3.8) is 0 Å². The Labute approximate surface area is 49.8 Å². The highest BCUT2D eigenvalue weighted by atomic mass is 15.5. The Morgan fingerprint density at radius 2 is 2.22 bits per heavy atom. The summed E-state index contributed by atoms with van der Waals surface area (Å²) in [7, 11) is 0. The van der Waals surface area contributed by atoms with E-state index in [1.54, 1.807) is 0 Å². The molecule has 0 aliphatic heterocycles. The van der Waals surface area contributed by atoms with Crippen molar-refractivity contribution in [2.75, 3.05) is 0 Å². The van der Waals surface area contributed by atoms with Crippen LogP contribution in [0.5, 0.6) is 0 Å². The van der Waals surface area contributed by atoms with E-state index in [9.17, 15) is 0 Å². The molecule has 48 valence electrons. The first-order valence-electron chi connectivity index (χ1n) is 1.79. The Morgan fingerprint density at radius 1 is 1.56 bits per heavy atom. The summed E-state index contributed by atoms with van der Waals surface area (Å²) in [6.45, 7) is 0. The molecule has 8 nitrogen and oxygen atoms in total. The van der Waals surface area contributed by atoms with Gasteiger partial charge in [0.15, 0.2) is 0 Å². The lowest BCUT2D eigenvalue weighted by Gasteiger charge is -1.78. The third kappa shape index (κ3) is 4.02. The van der Waals surface area contributed by atoms with E-state index in [0.29, 0.717) is 0 Å². The number of nitrogens with zero attached hydrogens (tertiary/aromatic N) is 6. The van der Waals surface area contributed by atoms with E-state index < -0.39 is 0 Å². The summed E-state index contributed by atoms with van der Waals surface area (Å²) in [5.74, 6) is 4.21. The standard InChI is InChI=1S/CH4N8/c2-1(5-7-3)6-9-8-4/h(H2,4,9)(H2,2,6,8). The maximum absolute atomic E-state index is 7.73. The van der Waals surface area contributed by atoms with Crippen LogP contribution in [-0.2, 0) is 0 Å². The van der Waals surface area contributed by atoms with Crippen LogP contribution < -0.4 is 11.6 Å². The van der Waals surface area contributed by atoms with E-state index in [0.717, 1.165) is 0 Å². The molecule has 0 aromatic carbocycles. The molecule has 0 amide bonds. The number of rotatable bonds is 1. The molecule has 0 atom stereocenters. The zero-order valence-electron chi connectivity index (χ0n) is 4.34. The number of guanidine groups is 1. The fourth-order valence-corrected chi connectivity index (χ4v) is 0.137. The average Bonchev–Trinajstić information content (AvgIpc) is 1.85. The van der Waals surface area contributed by atoms with Gasteiger partial charge in [-0.3, -0.25) is 0 Å². The highest BCUT2D eigenvalue weighted by Crippen LogP contribution is 1.74. The van der Waals surface area contributed by atoms with Crippen molar-refractivity contribution in [3.05, 3.63) is 10.4 Å². The van der Waals surface area contributed by atoms with Crippen LogP contribution in [0.2, 0.25) is 0 Å². The second kappa shape index (κ2) is 4.34. The van der Waals surface area contributed by atoms with Gasteiger partial charge in [0.05, 0.1) is 0 Å². The Bertz CT molecular complexity index is 169. The van der Waals surface area contributed by atoms with Crippen molar-refractivity contribution in [2.45, 2.75) is 0 Å². The van der Waals surface area contributed by atoms with Gasteiger partial charge in [0.2, 0.25) is 5.96 Å². The summed E-state index contributed by atoms with van der Waals surface area (Å²) in [5.41, 5.74) is 12.6. The molecule has 0 unspecified atom stereocenters. The molecule has 0 aliphatic carbocycles. The third-order valence-corrected chi connectivity index (χ3v) is 0.346. The Kier molecular flexibility index (Phi) is 3.46. The van der Waals surface area contributed by atoms with Crippen molar-refractivity contribution < 1.29 is 0 Å². The lowest BCUT2D eigenvalue weighted by molar-refractivity contribution is 0.950. The van der Waals surface area contributed by atoms with Gasteiger partial charge in [-0.15, -0.1) is 5.10 Å². The van der Waals surface area contributed by atoms with E-state index in [1.807, 2.05) is 0 Å². The molecule has 0 radical (unpaired) electrons. The minimum atomic E-state index is -0.327. The quantitative estimate of drug-likeness (QED) is 0.0964. The summed E-state index contributed by atoms with van der Waals surface area (Å²) >= 11 is 0. The first-order valence-corrected chi connectivity index (χ1v) is 1.79. The monoisotopic (exact) mass is 128 g/mol. The summed E-state index contributed by atoms with van der Waals surface area (Å²) < 4.78 is 0. The Hall–Kier alpha value is -1.82. The molecule has 0 aromatic rings. The van der Waals surface area contributed by atoms with Crippen LogP contribution in [0.4, 0.5) is 0 Å². The summed E-state index contributed by atoms with van der Waals surface area (Å²) in [6.07, 6.45) is 0. The molecule has 8 heteroatoms. The molecule has 0 rings (SSSR count). The number of nitrogens with two attached hydrogens (primary N) is 2. The Balaban J connectivity index is 3.99. The van der Waals surface area contributed by atoms with Crippen molar-refractivity contribution in [2.24, 2.45) is 32.2 Å². The van der Waals surface area contributed by atoms with Crippen LogP contribution in [0, 0.1) is 0 Å². The van der Waals surface area contributed by atoms with Crippen LogP contribution >= 0.6 is 0 Å². The molecule has 0 saturated heterocycles. The van der Waals surface area contributed by atoms with Gasteiger partial charge in [0.1, 0.15) is 0 Å². The second-order valence-corrected chi connectivity index (χ2v) is 0.853. The van der Waals surface area contributed by atoms with Crippen LogP contribution in [0.1, 0.15) is 0 Å². The van der Waals surface area contributed by atoms with Crippen LogP contribution in [0.15, 0.2) is 20.7 Å². The molecule has 0 aliphatic rings. The molecular weight excluding hydrogens is 124 g/mol. The molecule has 9 heavy (non-hydrogen) atoms. The van der Waals surface area contributed by atoms with Crippen molar-refractivity contribution >= 4 is 5.96 Å². The Morgan fingerprint density at radius 3 is 2.67 bits per heavy atom. The highest BCUT2D eigenvalue weighted by Gasteiger charge is 1.78. The van der Waals surface area contributed by atoms with Gasteiger partial charge >= 0.3 is 0 Å². The number of azide groups is 1. The lowest BCUT2D eigenvalue weighted by atomic mass is 11.1. The maximum atomic E-state index is 7.73. The van der Waals surface area contributed by atoms with Crippen molar-refractivity contribution in [1.29, 1.82) is 0 Å². The number of hydrogen-bond donors (Lipinski definition) is 2. The molecule has 4 N–H and O–H groups in total. The van der Waals surface area contributed by atoms with Gasteiger partial charge in [-0.2, -0.15) is 0 Å². The first kappa shape index (κ1) is 7.18. The van der Waals surface area contributed by atoms with Crippen LogP contribution in [0.25, 0.3) is 10.4 Å². The van der Waals surface area contributed by atoms with Crippen molar-refractivity contribution in [1.82, 2.24) is 0 Å². The van der Waals surface area contributed by atoms with Crippen molar-refractivity contribution in [3.8, 4) is 0 Å². The van der Waals surface area contributed by atoms with E-state index in [1.165, 1.54) is 0 Å². The minimum Gasteiger partial charge on any atom is -0.380 e. The minimum absolute atomic E-state index is 0.327.